The van der Waals surface area contributed by atoms with Gasteiger partial charge in [0.05, 0.1) is 34.4 Å². The lowest BCUT2D eigenvalue weighted by Crippen LogP contribution is -2.25. The highest BCUT2D eigenvalue weighted by Gasteiger charge is 2.39. The molecule has 23 heavy (non-hydrogen) atoms. The predicted molar refractivity (Wildman–Crippen MR) is 80.3 cm³/mol. The second-order valence-corrected chi connectivity index (χ2v) is 6.02. The van der Waals surface area contributed by atoms with Gasteiger partial charge in [0.2, 0.25) is 0 Å². The molecule has 1 aliphatic heterocycles. The Morgan fingerprint density at radius 2 is 2.00 bits per heavy atom. The number of hydrogen-bond donors (Lipinski definition) is 1. The van der Waals surface area contributed by atoms with Crippen molar-refractivity contribution in [2.75, 3.05) is 18.0 Å². The summed E-state index contributed by atoms with van der Waals surface area (Å²) in [6, 6.07) is 2.38. The monoisotopic (exact) mass is 343 g/mol. The number of pyridine rings is 1. The molecule has 0 aliphatic carbocycles. The summed E-state index contributed by atoms with van der Waals surface area (Å²) < 4.78 is 55.0. The molecule has 1 N–H and O–H groups in total. The zero-order valence-corrected chi connectivity index (χ0v) is 12.4. The van der Waals surface area contributed by atoms with Crippen molar-refractivity contribution >= 4 is 39.2 Å². The van der Waals surface area contributed by atoms with Gasteiger partial charge < -0.3 is 9.88 Å². The molecule has 1 saturated heterocycles. The maximum atomic E-state index is 14.3. The van der Waals surface area contributed by atoms with Crippen LogP contribution in [-0.4, -0.2) is 29.0 Å². The van der Waals surface area contributed by atoms with E-state index in [1.165, 1.54) is 17.2 Å². The molecule has 0 bridgehead atoms. The average Bonchev–Trinajstić information content (AvgIpc) is 3.03. The first-order chi connectivity index (χ1) is 10.9. The fourth-order valence-corrected chi connectivity index (χ4v) is 3.34. The number of nitrogens with zero attached hydrogens (tertiary/aromatic N) is 2. The maximum absolute atomic E-state index is 14.3. The Labute approximate surface area is 132 Å². The van der Waals surface area contributed by atoms with Crippen molar-refractivity contribution in [3.63, 3.8) is 0 Å². The van der Waals surface area contributed by atoms with Gasteiger partial charge in [-0.2, -0.15) is 0 Å². The summed E-state index contributed by atoms with van der Waals surface area (Å²) in [5, 5.41) is 0.321. The van der Waals surface area contributed by atoms with Crippen LogP contribution < -0.4 is 4.90 Å². The smallest absolute Gasteiger partial charge is 0.266 e. The summed E-state index contributed by atoms with van der Waals surface area (Å²) in [5.41, 5.74) is 0.865. The summed E-state index contributed by atoms with van der Waals surface area (Å²) >= 11 is 6.15. The highest BCUT2D eigenvalue weighted by molar-refractivity contribution is 6.35. The number of benzene rings is 1. The Kier molecular flexibility index (Phi) is 3.00. The number of nitrogens with one attached hydrogen (secondary N) is 1. The van der Waals surface area contributed by atoms with E-state index in [0.29, 0.717) is 5.52 Å². The number of rotatable bonds is 1. The van der Waals surface area contributed by atoms with Crippen molar-refractivity contribution in [3.8, 4) is 0 Å². The quantitative estimate of drug-likeness (QED) is 0.660. The standard InChI is InChI=1S/C15H10ClF4N3/c16-7-5-21-14-11(13(7)23-4-3-15(19,20)6-23)10-9(22-14)2-1-8(17)12(10)18/h1-2,5H,3-4,6H2,(H,21,22). The average molecular weight is 344 g/mol. The molecule has 0 saturated carbocycles. The van der Waals surface area contributed by atoms with Crippen LogP contribution in [0, 0.1) is 11.6 Å². The SMILES string of the molecule is Fc1ccc2[nH]c3ncc(Cl)c(N4CCC(F)(F)C4)c3c2c1F. The second-order valence-electron chi connectivity index (χ2n) is 5.61. The van der Waals surface area contributed by atoms with Crippen molar-refractivity contribution in [1.29, 1.82) is 0 Å². The number of anilines is 1. The third-order valence-electron chi connectivity index (χ3n) is 4.09. The number of H-pyrrole nitrogens is 1. The highest BCUT2D eigenvalue weighted by Crippen LogP contribution is 2.42. The molecule has 0 unspecified atom stereocenters. The maximum Gasteiger partial charge on any atom is 0.266 e. The summed E-state index contributed by atoms with van der Waals surface area (Å²) in [4.78, 5) is 8.33. The van der Waals surface area contributed by atoms with Gasteiger partial charge in [-0.25, -0.2) is 22.5 Å². The molecule has 3 aromatic rings. The van der Waals surface area contributed by atoms with Crippen LogP contribution in [0.15, 0.2) is 18.3 Å². The molecule has 1 aromatic carbocycles. The van der Waals surface area contributed by atoms with Crippen LogP contribution in [-0.2, 0) is 0 Å². The van der Waals surface area contributed by atoms with Gasteiger partial charge in [-0.15, -0.1) is 0 Å². The number of alkyl halides is 2. The van der Waals surface area contributed by atoms with Crippen LogP contribution in [0.4, 0.5) is 23.2 Å². The second kappa shape index (κ2) is 4.74. The molecule has 3 heterocycles. The topological polar surface area (TPSA) is 31.9 Å². The molecule has 0 atom stereocenters. The van der Waals surface area contributed by atoms with E-state index in [1.807, 2.05) is 0 Å². The summed E-state index contributed by atoms with van der Waals surface area (Å²) in [6.45, 7) is -0.440. The van der Waals surface area contributed by atoms with Crippen LogP contribution in [0.2, 0.25) is 5.02 Å². The number of aromatic nitrogens is 2. The normalized spacial score (nSPS) is 17.5. The Bertz CT molecular complexity index is 938. The Morgan fingerprint density at radius 1 is 1.22 bits per heavy atom. The minimum Gasteiger partial charge on any atom is -0.363 e. The Balaban J connectivity index is 2.07. The van der Waals surface area contributed by atoms with E-state index < -0.39 is 24.1 Å². The summed E-state index contributed by atoms with van der Waals surface area (Å²) in [5.74, 6) is -4.91. The first-order valence-corrected chi connectivity index (χ1v) is 7.32. The number of hydrogen-bond acceptors (Lipinski definition) is 2. The molecule has 1 aliphatic rings. The van der Waals surface area contributed by atoms with Gasteiger partial charge in [-0.05, 0) is 12.1 Å². The molecule has 3 nitrogen and oxygen atoms in total. The molecular formula is C15H10ClF4N3. The van der Waals surface area contributed by atoms with Crippen LogP contribution in [0.3, 0.4) is 0 Å². The first-order valence-electron chi connectivity index (χ1n) is 6.94. The van der Waals surface area contributed by atoms with Crippen molar-refractivity contribution in [2.45, 2.75) is 12.3 Å². The van der Waals surface area contributed by atoms with E-state index in [1.54, 1.807) is 0 Å². The Morgan fingerprint density at radius 3 is 2.70 bits per heavy atom. The Hall–Kier alpha value is -2.02. The van der Waals surface area contributed by atoms with E-state index in [9.17, 15) is 17.6 Å². The molecule has 8 heteroatoms. The van der Waals surface area contributed by atoms with E-state index in [0.717, 1.165) is 6.07 Å². The fourth-order valence-electron chi connectivity index (χ4n) is 3.07. The van der Waals surface area contributed by atoms with Gasteiger partial charge in [0.1, 0.15) is 5.65 Å². The lowest BCUT2D eigenvalue weighted by atomic mass is 10.1. The number of fused-ring (bicyclic) bond motifs is 3. The van der Waals surface area contributed by atoms with Gasteiger partial charge in [0.15, 0.2) is 11.6 Å². The van der Waals surface area contributed by atoms with Gasteiger partial charge in [0, 0.05) is 18.4 Å². The third-order valence-corrected chi connectivity index (χ3v) is 4.37. The molecule has 120 valence electrons. The van der Waals surface area contributed by atoms with E-state index in [4.69, 9.17) is 11.6 Å². The largest absolute Gasteiger partial charge is 0.363 e. The predicted octanol–water partition coefficient (Wildman–Crippen LogP) is 4.49. The van der Waals surface area contributed by atoms with Crippen LogP contribution in [0.5, 0.6) is 0 Å². The van der Waals surface area contributed by atoms with Crippen molar-refractivity contribution in [3.05, 3.63) is 35.0 Å². The lowest BCUT2D eigenvalue weighted by Gasteiger charge is -2.20. The minimum absolute atomic E-state index is 0.0276. The number of aromatic amines is 1. The number of halogens is 5. The van der Waals surface area contributed by atoms with Crippen molar-refractivity contribution in [1.82, 2.24) is 9.97 Å². The van der Waals surface area contributed by atoms with Gasteiger partial charge in [-0.3, -0.25) is 0 Å². The van der Waals surface area contributed by atoms with E-state index in [-0.39, 0.29) is 40.1 Å². The van der Waals surface area contributed by atoms with Gasteiger partial charge >= 0.3 is 0 Å². The minimum atomic E-state index is -2.84. The molecule has 0 spiro atoms. The van der Waals surface area contributed by atoms with Crippen molar-refractivity contribution in [2.24, 2.45) is 0 Å². The molecule has 4 rings (SSSR count). The van der Waals surface area contributed by atoms with Crippen LogP contribution in [0.25, 0.3) is 21.9 Å². The first kappa shape index (κ1) is 14.6. The van der Waals surface area contributed by atoms with Crippen molar-refractivity contribution < 1.29 is 17.6 Å². The third kappa shape index (κ3) is 2.14. The van der Waals surface area contributed by atoms with Crippen LogP contribution in [0.1, 0.15) is 6.42 Å². The fraction of sp³-hybridized carbons (Fsp3) is 0.267. The molecule has 0 amide bonds. The zero-order valence-electron chi connectivity index (χ0n) is 11.6. The highest BCUT2D eigenvalue weighted by atomic mass is 35.5. The summed E-state index contributed by atoms with van der Waals surface area (Å²) in [7, 11) is 0. The summed E-state index contributed by atoms with van der Waals surface area (Å²) in [6.07, 6.45) is 1.01. The molecule has 0 radical (unpaired) electrons. The zero-order chi connectivity index (χ0) is 16.4. The van der Waals surface area contributed by atoms with Gasteiger partial charge in [-0.1, -0.05) is 11.6 Å². The molecule has 2 aromatic heterocycles. The van der Waals surface area contributed by atoms with E-state index in [2.05, 4.69) is 9.97 Å². The van der Waals surface area contributed by atoms with Crippen LogP contribution >= 0.6 is 11.6 Å². The van der Waals surface area contributed by atoms with E-state index >= 15 is 0 Å². The molecule has 1 fully saturated rings. The van der Waals surface area contributed by atoms with Gasteiger partial charge in [0.25, 0.3) is 5.92 Å². The lowest BCUT2D eigenvalue weighted by molar-refractivity contribution is 0.0257. The molecular weight excluding hydrogens is 334 g/mol.